The molecule has 1 heterocycles. The minimum absolute atomic E-state index is 0.251. The lowest BCUT2D eigenvalue weighted by atomic mass is 9.99. The number of aryl methyl sites for hydroxylation is 1. The highest BCUT2D eigenvalue weighted by Crippen LogP contribution is 2.24. The van der Waals surface area contributed by atoms with Gasteiger partial charge < -0.3 is 9.26 Å². The van der Waals surface area contributed by atoms with Crippen molar-refractivity contribution in [3.8, 4) is 0 Å². The molecule has 0 bridgehead atoms. The summed E-state index contributed by atoms with van der Waals surface area (Å²) < 4.78 is 9.81. The van der Waals surface area contributed by atoms with Gasteiger partial charge in [0.1, 0.15) is 0 Å². The van der Waals surface area contributed by atoms with Gasteiger partial charge in [-0.05, 0) is 12.5 Å². The van der Waals surface area contributed by atoms with Crippen molar-refractivity contribution in [2.75, 3.05) is 7.11 Å². The van der Waals surface area contributed by atoms with Crippen LogP contribution in [0.5, 0.6) is 0 Å². The zero-order valence-electron chi connectivity index (χ0n) is 9.58. The fourth-order valence-corrected chi connectivity index (χ4v) is 1.57. The number of nitrogens with zero attached hydrogens (tertiary/aromatic N) is 2. The molecule has 5 nitrogen and oxygen atoms in total. The van der Waals surface area contributed by atoms with Crippen molar-refractivity contribution in [1.82, 2.24) is 10.1 Å². The summed E-state index contributed by atoms with van der Waals surface area (Å²) in [6.07, 6.45) is 0. The molecule has 0 saturated carbocycles. The van der Waals surface area contributed by atoms with E-state index >= 15 is 0 Å². The lowest BCUT2D eigenvalue weighted by Gasteiger charge is -2.10. The molecule has 0 aliphatic rings. The Morgan fingerprint density at radius 1 is 1.35 bits per heavy atom. The zero-order chi connectivity index (χ0) is 12.3. The molecule has 0 amide bonds. The van der Waals surface area contributed by atoms with Crippen molar-refractivity contribution in [3.05, 3.63) is 47.6 Å². The fraction of sp³-hybridized carbons (Fsp3) is 0.250. The highest BCUT2D eigenvalue weighted by molar-refractivity contribution is 5.80. The second kappa shape index (κ2) is 4.78. The molecule has 17 heavy (non-hydrogen) atoms. The van der Waals surface area contributed by atoms with E-state index in [0.29, 0.717) is 5.82 Å². The van der Waals surface area contributed by atoms with Crippen LogP contribution in [0, 0.1) is 6.92 Å². The van der Waals surface area contributed by atoms with Gasteiger partial charge in [-0.3, -0.25) is 4.79 Å². The smallest absolute Gasteiger partial charge is 0.322 e. The highest BCUT2D eigenvalue weighted by atomic mass is 16.5. The largest absolute Gasteiger partial charge is 0.468 e. The third kappa shape index (κ3) is 2.33. The number of hydrogen-bond donors (Lipinski definition) is 0. The minimum atomic E-state index is -0.664. The SMILES string of the molecule is COC(=O)C(c1ccccc1)c1nc(C)no1. The van der Waals surface area contributed by atoms with Crippen molar-refractivity contribution in [3.63, 3.8) is 0 Å². The van der Waals surface area contributed by atoms with Gasteiger partial charge in [-0.1, -0.05) is 35.5 Å². The summed E-state index contributed by atoms with van der Waals surface area (Å²) in [5.41, 5.74) is 0.767. The molecule has 2 aromatic rings. The van der Waals surface area contributed by atoms with E-state index in [1.165, 1.54) is 7.11 Å². The summed E-state index contributed by atoms with van der Waals surface area (Å²) in [7, 11) is 1.33. The van der Waals surface area contributed by atoms with Crippen LogP contribution in [0.1, 0.15) is 23.2 Å². The lowest BCUT2D eigenvalue weighted by molar-refractivity contribution is -0.141. The molecule has 1 aromatic heterocycles. The zero-order valence-corrected chi connectivity index (χ0v) is 9.58. The van der Waals surface area contributed by atoms with Crippen LogP contribution in [0.4, 0.5) is 0 Å². The maximum atomic E-state index is 11.8. The maximum Gasteiger partial charge on any atom is 0.322 e. The number of ether oxygens (including phenoxy) is 1. The third-order valence-corrected chi connectivity index (χ3v) is 2.36. The molecule has 5 heteroatoms. The van der Waals surface area contributed by atoms with Gasteiger partial charge in [0.2, 0.25) is 5.89 Å². The molecule has 0 spiro atoms. The van der Waals surface area contributed by atoms with E-state index in [1.807, 2.05) is 30.3 Å². The van der Waals surface area contributed by atoms with Gasteiger partial charge in [0, 0.05) is 0 Å². The van der Waals surface area contributed by atoms with Crippen LogP contribution >= 0.6 is 0 Å². The highest BCUT2D eigenvalue weighted by Gasteiger charge is 2.28. The first-order valence-electron chi connectivity index (χ1n) is 5.15. The average Bonchev–Trinajstić information content (AvgIpc) is 2.77. The van der Waals surface area contributed by atoms with Gasteiger partial charge in [-0.2, -0.15) is 4.98 Å². The number of esters is 1. The van der Waals surface area contributed by atoms with Gasteiger partial charge in [0.05, 0.1) is 7.11 Å². The summed E-state index contributed by atoms with van der Waals surface area (Å²) in [6.45, 7) is 1.70. The van der Waals surface area contributed by atoms with Crippen LogP contribution in [-0.4, -0.2) is 23.2 Å². The van der Waals surface area contributed by atoms with E-state index in [4.69, 9.17) is 9.26 Å². The Morgan fingerprint density at radius 2 is 2.06 bits per heavy atom. The van der Waals surface area contributed by atoms with E-state index in [9.17, 15) is 4.79 Å². The minimum Gasteiger partial charge on any atom is -0.468 e. The second-order valence-electron chi connectivity index (χ2n) is 3.55. The molecule has 0 aliphatic heterocycles. The van der Waals surface area contributed by atoms with Gasteiger partial charge in [-0.25, -0.2) is 0 Å². The number of carbonyl (C=O) groups is 1. The molecule has 0 saturated heterocycles. The first-order valence-corrected chi connectivity index (χ1v) is 5.15. The predicted octanol–water partition coefficient (Wildman–Crippen LogP) is 1.68. The number of rotatable bonds is 3. The van der Waals surface area contributed by atoms with E-state index < -0.39 is 11.9 Å². The fourth-order valence-electron chi connectivity index (χ4n) is 1.57. The first-order chi connectivity index (χ1) is 8.22. The monoisotopic (exact) mass is 232 g/mol. The van der Waals surface area contributed by atoms with Gasteiger partial charge in [-0.15, -0.1) is 0 Å². The summed E-state index contributed by atoms with van der Waals surface area (Å²) >= 11 is 0. The van der Waals surface area contributed by atoms with Crippen LogP contribution in [0.3, 0.4) is 0 Å². The number of methoxy groups -OCH3 is 1. The molecule has 0 fully saturated rings. The van der Waals surface area contributed by atoms with Gasteiger partial charge in [0.25, 0.3) is 0 Å². The number of hydrogen-bond acceptors (Lipinski definition) is 5. The van der Waals surface area contributed by atoms with E-state index in [-0.39, 0.29) is 5.89 Å². The van der Waals surface area contributed by atoms with Crippen LogP contribution in [0.2, 0.25) is 0 Å². The molecular weight excluding hydrogens is 220 g/mol. The maximum absolute atomic E-state index is 11.8. The molecule has 1 aromatic carbocycles. The second-order valence-corrected chi connectivity index (χ2v) is 3.55. The number of benzene rings is 1. The normalized spacial score (nSPS) is 12.1. The topological polar surface area (TPSA) is 65.2 Å². The van der Waals surface area contributed by atoms with Crippen molar-refractivity contribution in [2.24, 2.45) is 0 Å². The Balaban J connectivity index is 2.42. The van der Waals surface area contributed by atoms with E-state index in [1.54, 1.807) is 6.92 Å². The summed E-state index contributed by atoms with van der Waals surface area (Å²) in [6, 6.07) is 9.20. The van der Waals surface area contributed by atoms with Crippen molar-refractivity contribution in [2.45, 2.75) is 12.8 Å². The average molecular weight is 232 g/mol. The summed E-state index contributed by atoms with van der Waals surface area (Å²) in [5.74, 6) is -0.340. The van der Waals surface area contributed by atoms with Crippen LogP contribution < -0.4 is 0 Å². The molecule has 2 rings (SSSR count). The van der Waals surface area contributed by atoms with Crippen molar-refractivity contribution in [1.29, 1.82) is 0 Å². The van der Waals surface area contributed by atoms with E-state index in [2.05, 4.69) is 10.1 Å². The number of carbonyl (C=O) groups excluding carboxylic acids is 1. The molecule has 0 aliphatic carbocycles. The van der Waals surface area contributed by atoms with Crippen LogP contribution in [0.25, 0.3) is 0 Å². The van der Waals surface area contributed by atoms with E-state index in [0.717, 1.165) is 5.56 Å². The number of aromatic nitrogens is 2. The van der Waals surface area contributed by atoms with Crippen molar-refractivity contribution >= 4 is 5.97 Å². The Bertz CT molecular complexity index is 507. The lowest BCUT2D eigenvalue weighted by Crippen LogP contribution is -2.16. The molecule has 0 radical (unpaired) electrons. The third-order valence-electron chi connectivity index (χ3n) is 2.36. The standard InChI is InChI=1S/C12H12N2O3/c1-8-13-11(17-14-8)10(12(15)16-2)9-6-4-3-5-7-9/h3-7,10H,1-2H3. The van der Waals surface area contributed by atoms with Gasteiger partial charge >= 0.3 is 5.97 Å². The quantitative estimate of drug-likeness (QED) is 0.753. The molecule has 1 atom stereocenters. The first kappa shape index (κ1) is 11.3. The Labute approximate surface area is 98.4 Å². The Morgan fingerprint density at radius 3 is 2.59 bits per heavy atom. The van der Waals surface area contributed by atoms with Crippen molar-refractivity contribution < 1.29 is 14.1 Å². The van der Waals surface area contributed by atoms with Gasteiger partial charge in [0.15, 0.2) is 11.7 Å². The van der Waals surface area contributed by atoms with Crippen LogP contribution in [0.15, 0.2) is 34.9 Å². The molecule has 1 unspecified atom stereocenters. The Hall–Kier alpha value is -2.17. The van der Waals surface area contributed by atoms with Crippen LogP contribution in [-0.2, 0) is 9.53 Å². The summed E-state index contributed by atoms with van der Waals surface area (Å²) in [4.78, 5) is 15.8. The molecule has 0 N–H and O–H groups in total. The predicted molar refractivity (Wildman–Crippen MR) is 59.3 cm³/mol. The molecular formula is C12H12N2O3. The summed E-state index contributed by atoms with van der Waals surface area (Å²) in [5, 5.41) is 3.69. The molecule has 88 valence electrons. The Kier molecular flexibility index (Phi) is 3.18.